The molecular formula is C43H58ClFN4O3. The van der Waals surface area contributed by atoms with Crippen molar-refractivity contribution in [3.8, 4) is 5.75 Å². The Kier molecular flexibility index (Phi) is 9.70. The summed E-state index contributed by atoms with van der Waals surface area (Å²) in [5.41, 5.74) is 4.06. The third-order valence-corrected chi connectivity index (χ3v) is 15.0. The average Bonchev–Trinajstić information content (AvgIpc) is 3.25. The lowest BCUT2D eigenvalue weighted by Crippen LogP contribution is -2.63. The van der Waals surface area contributed by atoms with Gasteiger partial charge in [-0.2, -0.15) is 0 Å². The fraction of sp³-hybridized carbons (Fsp3) is 0.651. The van der Waals surface area contributed by atoms with E-state index in [-0.39, 0.29) is 22.3 Å². The zero-order valence-corrected chi connectivity index (χ0v) is 32.8. The van der Waals surface area contributed by atoms with Crippen molar-refractivity contribution < 1.29 is 18.7 Å². The van der Waals surface area contributed by atoms with Gasteiger partial charge < -0.3 is 19.7 Å². The summed E-state index contributed by atoms with van der Waals surface area (Å²) in [6, 6.07) is 10.6. The Bertz CT molecular complexity index is 1720. The van der Waals surface area contributed by atoms with Gasteiger partial charge in [0.15, 0.2) is 0 Å². The second kappa shape index (κ2) is 13.9. The lowest BCUT2D eigenvalue weighted by Gasteiger charge is -2.57. The van der Waals surface area contributed by atoms with Crippen LogP contribution in [0.4, 0.5) is 10.1 Å². The number of hydrogen-bond acceptors (Lipinski definition) is 6. The van der Waals surface area contributed by atoms with Crippen LogP contribution < -0.4 is 15.0 Å². The lowest BCUT2D eigenvalue weighted by atomic mass is 9.57. The number of nitrogens with one attached hydrogen (secondary N) is 1. The standard InChI is InChI=1S/C43H58ClFN4O3/c1-26-19-46-41(50)30-10-14-39-38(18-30)49(23-42(25-52-39)15-7-8-34-36(42)12-13-37(44)40(34)45)22-31-9-11-35(31)43(51-6,33-16-32(17-33)29(26)4)24-48-20-27(2)47(5)28(3)21-48/h10,12-14,16,18,26-29,31-32,35H,7-9,11,15,17,19-25H2,1-6H3,(H,46,50)/t26-,27-,28+,29+,31-,32-,35+,42-,43-/m0/s1. The molecule has 1 amide bonds. The number of methoxy groups -OCH3 is 1. The molecule has 9 rings (SSSR count). The van der Waals surface area contributed by atoms with Crippen LogP contribution in [0.5, 0.6) is 5.75 Å². The number of carbonyl (C=O) groups is 1. The van der Waals surface area contributed by atoms with Gasteiger partial charge in [0.2, 0.25) is 0 Å². The van der Waals surface area contributed by atoms with Crippen molar-refractivity contribution in [2.45, 2.75) is 89.3 Å². The van der Waals surface area contributed by atoms with E-state index in [0.717, 1.165) is 80.8 Å². The smallest absolute Gasteiger partial charge is 0.251 e. The Morgan fingerprint density at radius 3 is 2.56 bits per heavy atom. The molecule has 52 heavy (non-hydrogen) atoms. The summed E-state index contributed by atoms with van der Waals surface area (Å²) in [5.74, 6) is 2.44. The highest BCUT2D eigenvalue weighted by molar-refractivity contribution is 6.30. The molecule has 9 heteroatoms. The minimum absolute atomic E-state index is 0.0482. The maximum Gasteiger partial charge on any atom is 0.251 e. The highest BCUT2D eigenvalue weighted by Crippen LogP contribution is 2.54. The zero-order chi connectivity index (χ0) is 36.5. The molecule has 1 saturated carbocycles. The molecule has 282 valence electrons. The molecule has 1 spiro atoms. The molecule has 1 saturated heterocycles. The number of halogens is 2. The summed E-state index contributed by atoms with van der Waals surface area (Å²) in [7, 11) is 4.22. The van der Waals surface area contributed by atoms with Crippen LogP contribution in [0.25, 0.3) is 0 Å². The molecule has 9 atom stereocenters. The predicted octanol–water partition coefficient (Wildman–Crippen LogP) is 7.35. The summed E-state index contributed by atoms with van der Waals surface area (Å²) in [6.45, 7) is 14.9. The van der Waals surface area contributed by atoms with Gasteiger partial charge in [-0.3, -0.25) is 14.6 Å². The number of piperazine rings is 1. The number of nitrogens with zero attached hydrogens (tertiary/aromatic N) is 3. The molecule has 2 fully saturated rings. The summed E-state index contributed by atoms with van der Waals surface area (Å²) in [4.78, 5) is 21.4. The van der Waals surface area contributed by atoms with Crippen LogP contribution in [-0.2, 0) is 16.6 Å². The van der Waals surface area contributed by atoms with Crippen LogP contribution in [0.15, 0.2) is 42.0 Å². The first-order chi connectivity index (χ1) is 24.9. The van der Waals surface area contributed by atoms with E-state index in [4.69, 9.17) is 21.1 Å². The van der Waals surface area contributed by atoms with Crippen molar-refractivity contribution in [1.29, 1.82) is 0 Å². The number of allylic oxidation sites excluding steroid dienone is 1. The van der Waals surface area contributed by atoms with Gasteiger partial charge in [-0.05, 0) is 130 Å². The molecule has 1 N–H and O–H groups in total. The van der Waals surface area contributed by atoms with Crippen LogP contribution in [-0.4, -0.2) is 93.4 Å². The minimum atomic E-state index is -0.403. The summed E-state index contributed by atoms with van der Waals surface area (Å²) < 4.78 is 29.2. The second-order valence-corrected chi connectivity index (χ2v) is 18.0. The lowest BCUT2D eigenvalue weighted by molar-refractivity contribution is -0.113. The summed E-state index contributed by atoms with van der Waals surface area (Å²) in [6.07, 6.45) is 8.29. The summed E-state index contributed by atoms with van der Waals surface area (Å²) >= 11 is 6.34. The molecule has 2 aromatic carbocycles. The van der Waals surface area contributed by atoms with Gasteiger partial charge in [0.05, 0.1) is 17.3 Å². The molecular weight excluding hydrogens is 675 g/mol. The second-order valence-electron chi connectivity index (χ2n) is 17.6. The zero-order valence-electron chi connectivity index (χ0n) is 32.0. The van der Waals surface area contributed by atoms with Gasteiger partial charge in [-0.15, -0.1) is 0 Å². The monoisotopic (exact) mass is 732 g/mol. The molecule has 7 aliphatic rings. The van der Waals surface area contributed by atoms with Crippen molar-refractivity contribution in [3.05, 3.63) is 69.5 Å². The van der Waals surface area contributed by atoms with Gasteiger partial charge >= 0.3 is 0 Å². The van der Waals surface area contributed by atoms with Crippen LogP contribution in [0.3, 0.4) is 0 Å². The van der Waals surface area contributed by atoms with E-state index in [9.17, 15) is 4.79 Å². The van der Waals surface area contributed by atoms with Gasteiger partial charge in [0, 0.05) is 69.4 Å². The SMILES string of the molecule is CO[C@@]1(CN2C[C@@H](C)N(C)[C@@H](C)C2)C2=C[C@@H](C2)[C@H](C)[C@@H](C)CNC(=O)c2ccc3c(c2)N(C[C@@H]2CC[C@H]21)C[C@@]1(CCCc2c1ccc(Cl)c2F)CO3. The molecule has 0 aromatic heterocycles. The maximum absolute atomic E-state index is 15.6. The summed E-state index contributed by atoms with van der Waals surface area (Å²) in [5, 5.41) is 3.45. The van der Waals surface area contributed by atoms with Gasteiger partial charge in [0.25, 0.3) is 5.91 Å². The Labute approximate surface area is 315 Å². The first-order valence-corrected chi connectivity index (χ1v) is 20.3. The Balaban J connectivity index is 1.20. The van der Waals surface area contributed by atoms with Crippen molar-refractivity contribution in [2.24, 2.45) is 29.6 Å². The van der Waals surface area contributed by atoms with Crippen molar-refractivity contribution in [2.75, 3.05) is 64.9 Å². The van der Waals surface area contributed by atoms with E-state index in [1.807, 2.05) is 31.4 Å². The first kappa shape index (κ1) is 36.3. The van der Waals surface area contributed by atoms with Crippen LogP contribution in [0, 0.1) is 35.4 Å². The molecule has 3 aliphatic carbocycles. The van der Waals surface area contributed by atoms with E-state index < -0.39 is 5.41 Å². The molecule has 4 heterocycles. The molecule has 0 radical (unpaired) electrons. The Morgan fingerprint density at radius 2 is 1.85 bits per heavy atom. The minimum Gasteiger partial charge on any atom is -0.490 e. The molecule has 0 unspecified atom stereocenters. The Hall–Kier alpha value is -2.65. The van der Waals surface area contributed by atoms with E-state index >= 15 is 4.39 Å². The molecule has 2 aromatic rings. The van der Waals surface area contributed by atoms with Gasteiger partial charge in [-0.1, -0.05) is 37.6 Å². The number of amides is 1. The fourth-order valence-corrected chi connectivity index (χ4v) is 11.0. The molecule has 4 aliphatic heterocycles. The van der Waals surface area contributed by atoms with Crippen molar-refractivity contribution in [3.63, 3.8) is 0 Å². The van der Waals surface area contributed by atoms with Gasteiger partial charge in [-0.25, -0.2) is 4.39 Å². The number of rotatable bonds is 3. The number of fused-ring (bicyclic) bond motifs is 6. The predicted molar refractivity (Wildman–Crippen MR) is 206 cm³/mol. The molecule has 7 nitrogen and oxygen atoms in total. The number of carbonyl (C=O) groups excluding carboxylic acids is 1. The number of ether oxygens (including phenoxy) is 2. The van der Waals surface area contributed by atoms with Gasteiger partial charge in [0.1, 0.15) is 17.2 Å². The van der Waals surface area contributed by atoms with E-state index in [2.05, 4.69) is 60.8 Å². The molecule has 4 bridgehead atoms. The van der Waals surface area contributed by atoms with Crippen molar-refractivity contribution in [1.82, 2.24) is 15.1 Å². The Morgan fingerprint density at radius 1 is 1.08 bits per heavy atom. The first-order valence-electron chi connectivity index (χ1n) is 19.9. The normalized spacial score (nSPS) is 36.7. The third kappa shape index (κ3) is 6.08. The largest absolute Gasteiger partial charge is 0.490 e. The number of benzene rings is 2. The van der Waals surface area contributed by atoms with E-state index in [1.165, 1.54) is 5.57 Å². The highest BCUT2D eigenvalue weighted by Gasteiger charge is 2.55. The van der Waals surface area contributed by atoms with Crippen LogP contribution >= 0.6 is 11.6 Å². The number of likely N-dealkylation sites (N-methyl/N-ethyl adjacent to an activating group) is 1. The number of anilines is 1. The highest BCUT2D eigenvalue weighted by atomic mass is 35.5. The van der Waals surface area contributed by atoms with Crippen molar-refractivity contribution >= 4 is 23.2 Å². The topological polar surface area (TPSA) is 57.3 Å². The average molecular weight is 733 g/mol. The van der Waals surface area contributed by atoms with Crippen LogP contribution in [0.2, 0.25) is 5.02 Å². The van der Waals surface area contributed by atoms with E-state index in [1.54, 1.807) is 6.07 Å². The third-order valence-electron chi connectivity index (χ3n) is 14.7. The number of hydrogen-bond donors (Lipinski definition) is 1. The quantitative estimate of drug-likeness (QED) is 0.334. The van der Waals surface area contributed by atoms with Crippen LogP contribution in [0.1, 0.15) is 81.3 Å². The fourth-order valence-electron chi connectivity index (χ4n) is 10.8. The van der Waals surface area contributed by atoms with E-state index in [0.29, 0.717) is 73.4 Å². The maximum atomic E-state index is 15.6.